The lowest BCUT2D eigenvalue weighted by Crippen LogP contribution is -2.13. The van der Waals surface area contributed by atoms with Gasteiger partial charge in [0.1, 0.15) is 0 Å². The summed E-state index contributed by atoms with van der Waals surface area (Å²) >= 11 is 7.18. The zero-order chi connectivity index (χ0) is 13.5. The molecule has 0 unspecified atom stereocenters. The Kier molecular flexibility index (Phi) is 6.42. The number of aromatic nitrogens is 1. The van der Waals surface area contributed by atoms with Gasteiger partial charge in [0.05, 0.1) is 15.6 Å². The fraction of sp³-hybridized carbons (Fsp3) is 0.545. The number of thiol groups is 1. The highest BCUT2D eigenvalue weighted by Gasteiger charge is 2.15. The Bertz CT molecular complexity index is 476. The summed E-state index contributed by atoms with van der Waals surface area (Å²) in [5.74, 6) is 0.884. The number of hydrogen-bond donors (Lipinski definition) is 1. The fourth-order valence-electron chi connectivity index (χ4n) is 1.60. The lowest BCUT2D eigenvalue weighted by Gasteiger charge is -2.06. The van der Waals surface area contributed by atoms with Crippen molar-refractivity contribution >= 4 is 34.2 Å². The van der Waals surface area contributed by atoms with Crippen LogP contribution in [0.15, 0.2) is 21.7 Å². The lowest BCUT2D eigenvalue weighted by atomic mass is 10.2. The van der Waals surface area contributed by atoms with Crippen molar-refractivity contribution in [1.29, 1.82) is 0 Å². The second kappa shape index (κ2) is 7.58. The maximum atomic E-state index is 11.5. The zero-order valence-electron chi connectivity index (χ0n) is 9.84. The SMILES string of the molecule is O=c1c(Br)cn(CCCCCCS)cc1[N+](=O)[O-]. The summed E-state index contributed by atoms with van der Waals surface area (Å²) < 4.78 is 1.91. The van der Waals surface area contributed by atoms with Crippen LogP contribution in [0.1, 0.15) is 25.7 Å². The third-order valence-corrected chi connectivity index (χ3v) is 3.42. The second-order valence-corrected chi connectivity index (χ2v) is 5.25. The Hall–Kier alpha value is -0.820. The Morgan fingerprint density at radius 2 is 1.94 bits per heavy atom. The number of hydrogen-bond acceptors (Lipinski definition) is 4. The van der Waals surface area contributed by atoms with Crippen LogP contribution in [-0.4, -0.2) is 15.2 Å². The molecule has 0 amide bonds. The van der Waals surface area contributed by atoms with Crippen LogP contribution in [-0.2, 0) is 6.54 Å². The van der Waals surface area contributed by atoms with Gasteiger partial charge in [-0.15, -0.1) is 0 Å². The van der Waals surface area contributed by atoms with Crippen LogP contribution in [0.5, 0.6) is 0 Å². The van der Waals surface area contributed by atoms with E-state index in [1.807, 2.05) is 0 Å². The Balaban J connectivity index is 2.67. The first-order valence-corrected chi connectivity index (χ1v) is 7.13. The molecule has 100 valence electrons. The van der Waals surface area contributed by atoms with Crippen LogP contribution in [0, 0.1) is 10.1 Å². The predicted octanol–water partition coefficient (Wildman–Crippen LogP) is 3.01. The Morgan fingerprint density at radius 1 is 1.28 bits per heavy atom. The number of aryl methyl sites for hydroxylation is 1. The van der Waals surface area contributed by atoms with Crippen LogP contribution >= 0.6 is 28.6 Å². The summed E-state index contributed by atoms with van der Waals surface area (Å²) in [6, 6.07) is 0. The van der Waals surface area contributed by atoms with Crippen LogP contribution in [0.2, 0.25) is 0 Å². The van der Waals surface area contributed by atoms with Gasteiger partial charge in [-0.2, -0.15) is 12.6 Å². The first-order chi connectivity index (χ1) is 8.56. The fourth-order valence-corrected chi connectivity index (χ4v) is 2.29. The number of pyridine rings is 1. The smallest absolute Gasteiger partial charge is 0.333 e. The molecule has 0 N–H and O–H groups in total. The van der Waals surface area contributed by atoms with E-state index in [1.165, 1.54) is 6.20 Å². The predicted molar refractivity (Wildman–Crippen MR) is 77.4 cm³/mol. The summed E-state index contributed by atoms with van der Waals surface area (Å²) in [5, 5.41) is 10.7. The minimum Gasteiger partial charge on any atom is -0.347 e. The molecule has 0 fully saturated rings. The molecule has 0 radical (unpaired) electrons. The van der Waals surface area contributed by atoms with E-state index in [9.17, 15) is 14.9 Å². The van der Waals surface area contributed by atoms with Gasteiger partial charge in [-0.3, -0.25) is 14.9 Å². The molecule has 1 heterocycles. The number of rotatable bonds is 7. The number of nitro groups is 1. The first kappa shape index (κ1) is 15.2. The standard InChI is InChI=1S/C11H15BrN2O3S/c12-9-7-13(5-3-1-2-4-6-18)8-10(11(9)15)14(16)17/h7-8,18H,1-6H2. The molecule has 0 aliphatic carbocycles. The van der Waals surface area contributed by atoms with Gasteiger partial charge in [0, 0.05) is 12.7 Å². The topological polar surface area (TPSA) is 65.1 Å². The maximum Gasteiger partial charge on any atom is 0.333 e. The third-order valence-electron chi connectivity index (χ3n) is 2.54. The molecule has 0 aromatic carbocycles. The minimum atomic E-state index is -0.648. The molecule has 1 rings (SSSR count). The average Bonchev–Trinajstić information content (AvgIpc) is 2.32. The summed E-state index contributed by atoms with van der Waals surface area (Å²) in [6.07, 6.45) is 7.06. The molecule has 5 nitrogen and oxygen atoms in total. The molecule has 1 aromatic rings. The lowest BCUT2D eigenvalue weighted by molar-refractivity contribution is -0.386. The highest BCUT2D eigenvalue weighted by molar-refractivity contribution is 9.10. The average molecular weight is 335 g/mol. The van der Waals surface area contributed by atoms with E-state index in [4.69, 9.17) is 0 Å². The maximum absolute atomic E-state index is 11.5. The van der Waals surface area contributed by atoms with E-state index < -0.39 is 10.4 Å². The van der Waals surface area contributed by atoms with E-state index in [0.717, 1.165) is 31.4 Å². The van der Waals surface area contributed by atoms with Gasteiger partial charge in [0.15, 0.2) is 0 Å². The zero-order valence-corrected chi connectivity index (χ0v) is 12.3. The number of halogens is 1. The Morgan fingerprint density at radius 3 is 2.56 bits per heavy atom. The van der Waals surface area contributed by atoms with Crippen molar-refractivity contribution in [2.45, 2.75) is 32.2 Å². The van der Waals surface area contributed by atoms with E-state index in [-0.39, 0.29) is 10.2 Å². The Labute approximate surface area is 119 Å². The second-order valence-electron chi connectivity index (χ2n) is 3.95. The highest BCUT2D eigenvalue weighted by Crippen LogP contribution is 2.12. The molecule has 0 atom stereocenters. The normalized spacial score (nSPS) is 10.6. The van der Waals surface area contributed by atoms with Crippen molar-refractivity contribution in [2.75, 3.05) is 5.75 Å². The van der Waals surface area contributed by atoms with Gasteiger partial charge in [-0.25, -0.2) is 0 Å². The van der Waals surface area contributed by atoms with Crippen molar-refractivity contribution in [3.05, 3.63) is 37.2 Å². The molecular weight excluding hydrogens is 320 g/mol. The quantitative estimate of drug-likeness (QED) is 0.361. The molecule has 0 saturated carbocycles. The molecule has 0 spiro atoms. The molecule has 1 aromatic heterocycles. The van der Waals surface area contributed by atoms with Gasteiger partial charge < -0.3 is 4.57 Å². The molecule has 18 heavy (non-hydrogen) atoms. The summed E-state index contributed by atoms with van der Waals surface area (Å²) in [4.78, 5) is 21.5. The largest absolute Gasteiger partial charge is 0.347 e. The molecule has 0 aliphatic rings. The highest BCUT2D eigenvalue weighted by atomic mass is 79.9. The van der Waals surface area contributed by atoms with Crippen molar-refractivity contribution in [1.82, 2.24) is 4.57 Å². The van der Waals surface area contributed by atoms with Gasteiger partial charge in [0.2, 0.25) is 0 Å². The first-order valence-electron chi connectivity index (χ1n) is 5.71. The summed E-state index contributed by atoms with van der Waals surface area (Å²) in [5.41, 5.74) is -0.967. The van der Waals surface area contributed by atoms with Crippen molar-refractivity contribution in [3.8, 4) is 0 Å². The third kappa shape index (κ3) is 4.45. The number of nitrogens with zero attached hydrogens (tertiary/aromatic N) is 2. The summed E-state index contributed by atoms with van der Waals surface area (Å²) in [7, 11) is 0. The van der Waals surface area contributed by atoms with Crippen LogP contribution in [0.25, 0.3) is 0 Å². The molecule has 0 saturated heterocycles. The van der Waals surface area contributed by atoms with Gasteiger partial charge >= 0.3 is 5.69 Å². The van der Waals surface area contributed by atoms with Crippen LogP contribution < -0.4 is 5.43 Å². The van der Waals surface area contributed by atoms with Crippen molar-refractivity contribution < 1.29 is 4.92 Å². The van der Waals surface area contributed by atoms with E-state index in [2.05, 4.69) is 28.6 Å². The van der Waals surface area contributed by atoms with E-state index >= 15 is 0 Å². The molecule has 7 heteroatoms. The molecule has 0 bridgehead atoms. The van der Waals surface area contributed by atoms with Gasteiger partial charge in [-0.05, 0) is 34.5 Å². The van der Waals surface area contributed by atoms with Crippen LogP contribution in [0.4, 0.5) is 5.69 Å². The van der Waals surface area contributed by atoms with Gasteiger partial charge in [-0.1, -0.05) is 12.8 Å². The monoisotopic (exact) mass is 334 g/mol. The van der Waals surface area contributed by atoms with Crippen molar-refractivity contribution in [2.24, 2.45) is 0 Å². The molecular formula is C11H15BrN2O3S. The van der Waals surface area contributed by atoms with E-state index in [0.29, 0.717) is 6.54 Å². The van der Waals surface area contributed by atoms with Gasteiger partial charge in [0.25, 0.3) is 5.43 Å². The minimum absolute atomic E-state index is 0.229. The molecule has 0 aliphatic heterocycles. The number of unbranched alkanes of at least 4 members (excludes halogenated alkanes) is 3. The van der Waals surface area contributed by atoms with Crippen molar-refractivity contribution in [3.63, 3.8) is 0 Å². The van der Waals surface area contributed by atoms with E-state index in [1.54, 1.807) is 10.8 Å². The van der Waals surface area contributed by atoms with Crippen LogP contribution in [0.3, 0.4) is 0 Å². The summed E-state index contributed by atoms with van der Waals surface area (Å²) in [6.45, 7) is 0.673.